The fourth-order valence-electron chi connectivity index (χ4n) is 1.76. The Kier molecular flexibility index (Phi) is 6.07. The standard InChI is InChI=1S/C13H20ClNO3S/c1-4-11(9-19(14,16)17)8-18-13-7-6-10(3)15-12(13)5-2/h6-7,11H,4-5,8-9H2,1-3H3. The first kappa shape index (κ1) is 16.2. The van der Waals surface area contributed by atoms with Gasteiger partial charge in [0.1, 0.15) is 5.75 Å². The summed E-state index contributed by atoms with van der Waals surface area (Å²) in [5.41, 5.74) is 1.84. The lowest BCUT2D eigenvalue weighted by atomic mass is 10.1. The molecule has 0 amide bonds. The maximum atomic E-state index is 11.1. The molecule has 0 aliphatic rings. The van der Waals surface area contributed by atoms with E-state index in [0.717, 1.165) is 23.6 Å². The van der Waals surface area contributed by atoms with Crippen LogP contribution in [0.25, 0.3) is 0 Å². The van der Waals surface area contributed by atoms with Crippen molar-refractivity contribution >= 4 is 19.7 Å². The summed E-state index contributed by atoms with van der Waals surface area (Å²) < 4.78 is 27.9. The summed E-state index contributed by atoms with van der Waals surface area (Å²) in [6, 6.07) is 3.76. The molecule has 1 aromatic heterocycles. The molecular formula is C13H20ClNO3S. The highest BCUT2D eigenvalue weighted by Crippen LogP contribution is 2.19. The van der Waals surface area contributed by atoms with Crippen LogP contribution in [0.3, 0.4) is 0 Å². The third-order valence-electron chi connectivity index (χ3n) is 2.89. The van der Waals surface area contributed by atoms with E-state index in [0.29, 0.717) is 13.0 Å². The lowest BCUT2D eigenvalue weighted by molar-refractivity contribution is 0.254. The van der Waals surface area contributed by atoms with E-state index in [1.54, 1.807) is 0 Å². The third-order valence-corrected chi connectivity index (χ3v) is 4.14. The first-order chi connectivity index (χ1) is 8.85. The molecule has 0 fully saturated rings. The van der Waals surface area contributed by atoms with Crippen LogP contribution in [-0.4, -0.2) is 25.8 Å². The topological polar surface area (TPSA) is 56.3 Å². The quantitative estimate of drug-likeness (QED) is 0.727. The molecule has 108 valence electrons. The van der Waals surface area contributed by atoms with E-state index in [4.69, 9.17) is 15.4 Å². The molecular weight excluding hydrogens is 286 g/mol. The Morgan fingerprint density at radius 1 is 1.37 bits per heavy atom. The lowest BCUT2D eigenvalue weighted by Gasteiger charge is -2.16. The van der Waals surface area contributed by atoms with E-state index in [1.165, 1.54) is 0 Å². The van der Waals surface area contributed by atoms with Crippen molar-refractivity contribution in [3.63, 3.8) is 0 Å². The maximum absolute atomic E-state index is 11.1. The number of halogens is 1. The van der Waals surface area contributed by atoms with Crippen molar-refractivity contribution in [1.82, 2.24) is 4.98 Å². The summed E-state index contributed by atoms with van der Waals surface area (Å²) in [5.74, 6) is 0.554. The molecule has 4 nitrogen and oxygen atoms in total. The van der Waals surface area contributed by atoms with Crippen LogP contribution in [0.15, 0.2) is 12.1 Å². The van der Waals surface area contributed by atoms with Crippen molar-refractivity contribution in [2.24, 2.45) is 5.92 Å². The molecule has 1 heterocycles. The van der Waals surface area contributed by atoms with Gasteiger partial charge in [-0.1, -0.05) is 13.8 Å². The zero-order chi connectivity index (χ0) is 14.5. The highest BCUT2D eigenvalue weighted by molar-refractivity contribution is 8.13. The van der Waals surface area contributed by atoms with Gasteiger partial charge in [0.15, 0.2) is 0 Å². The van der Waals surface area contributed by atoms with E-state index in [1.807, 2.05) is 32.9 Å². The van der Waals surface area contributed by atoms with Gasteiger partial charge in [-0.05, 0) is 31.9 Å². The first-order valence-electron chi connectivity index (χ1n) is 6.37. The average Bonchev–Trinajstić information content (AvgIpc) is 2.34. The molecule has 0 radical (unpaired) electrons. The molecule has 0 N–H and O–H groups in total. The van der Waals surface area contributed by atoms with E-state index in [-0.39, 0.29) is 11.7 Å². The fourth-order valence-corrected chi connectivity index (χ4v) is 3.18. The second kappa shape index (κ2) is 7.10. The van der Waals surface area contributed by atoms with Gasteiger partial charge < -0.3 is 4.74 Å². The van der Waals surface area contributed by atoms with Gasteiger partial charge in [-0.15, -0.1) is 0 Å². The SMILES string of the molecule is CCc1nc(C)ccc1OCC(CC)CS(=O)(=O)Cl. The predicted octanol–water partition coefficient (Wildman–Crippen LogP) is 2.93. The Morgan fingerprint density at radius 3 is 2.58 bits per heavy atom. The molecule has 1 aromatic rings. The van der Waals surface area contributed by atoms with E-state index in [9.17, 15) is 8.42 Å². The summed E-state index contributed by atoms with van der Waals surface area (Å²) >= 11 is 0. The number of aromatic nitrogens is 1. The van der Waals surface area contributed by atoms with Crippen molar-refractivity contribution in [2.45, 2.75) is 33.6 Å². The Labute approximate surface area is 119 Å². The molecule has 1 atom stereocenters. The summed E-state index contributed by atoms with van der Waals surface area (Å²) in [5, 5.41) is 0. The number of rotatable bonds is 7. The molecule has 0 bridgehead atoms. The number of pyridine rings is 1. The lowest BCUT2D eigenvalue weighted by Crippen LogP contribution is -2.19. The highest BCUT2D eigenvalue weighted by atomic mass is 35.7. The van der Waals surface area contributed by atoms with Crippen molar-refractivity contribution in [2.75, 3.05) is 12.4 Å². The number of hydrogen-bond acceptors (Lipinski definition) is 4. The smallest absolute Gasteiger partial charge is 0.232 e. The van der Waals surface area contributed by atoms with E-state index >= 15 is 0 Å². The first-order valence-corrected chi connectivity index (χ1v) is 8.85. The number of nitrogens with zero attached hydrogens (tertiary/aromatic N) is 1. The van der Waals surface area contributed by atoms with Gasteiger partial charge >= 0.3 is 0 Å². The van der Waals surface area contributed by atoms with Crippen molar-refractivity contribution in [3.8, 4) is 5.75 Å². The minimum atomic E-state index is -3.49. The van der Waals surface area contributed by atoms with Crippen LogP contribution in [-0.2, 0) is 15.5 Å². The molecule has 0 saturated carbocycles. The van der Waals surface area contributed by atoms with Gasteiger partial charge in [-0.3, -0.25) is 4.98 Å². The van der Waals surface area contributed by atoms with Crippen LogP contribution < -0.4 is 4.74 Å². The molecule has 1 unspecified atom stereocenters. The molecule has 1 rings (SSSR count). The summed E-state index contributed by atoms with van der Waals surface area (Å²) in [7, 11) is 1.79. The second-order valence-electron chi connectivity index (χ2n) is 4.54. The van der Waals surface area contributed by atoms with Gasteiger partial charge in [-0.25, -0.2) is 8.42 Å². The largest absolute Gasteiger partial charge is 0.491 e. The van der Waals surface area contributed by atoms with Crippen LogP contribution in [0.5, 0.6) is 5.75 Å². The van der Waals surface area contributed by atoms with Crippen LogP contribution >= 0.6 is 10.7 Å². The Balaban J connectivity index is 2.69. The van der Waals surface area contributed by atoms with Crippen molar-refractivity contribution in [1.29, 1.82) is 0 Å². The highest BCUT2D eigenvalue weighted by Gasteiger charge is 2.17. The fraction of sp³-hybridized carbons (Fsp3) is 0.615. The monoisotopic (exact) mass is 305 g/mol. The predicted molar refractivity (Wildman–Crippen MR) is 77.3 cm³/mol. The zero-order valence-electron chi connectivity index (χ0n) is 11.5. The third kappa shape index (κ3) is 5.78. The van der Waals surface area contributed by atoms with Gasteiger partial charge in [0.25, 0.3) is 0 Å². The van der Waals surface area contributed by atoms with Crippen molar-refractivity contribution in [3.05, 3.63) is 23.5 Å². The van der Waals surface area contributed by atoms with E-state index in [2.05, 4.69) is 4.98 Å². The molecule has 0 aromatic carbocycles. The number of aryl methyl sites for hydroxylation is 2. The van der Waals surface area contributed by atoms with Gasteiger partial charge in [-0.2, -0.15) is 0 Å². The minimum Gasteiger partial charge on any atom is -0.491 e. The molecule has 0 saturated heterocycles. The second-order valence-corrected chi connectivity index (χ2v) is 7.36. The summed E-state index contributed by atoms with van der Waals surface area (Å²) in [4.78, 5) is 4.40. The molecule has 0 aliphatic heterocycles. The zero-order valence-corrected chi connectivity index (χ0v) is 13.1. The molecule has 0 spiro atoms. The molecule has 0 aliphatic carbocycles. The Morgan fingerprint density at radius 2 is 2.05 bits per heavy atom. The Hall–Kier alpha value is -0.810. The Bertz CT molecular complexity index is 517. The van der Waals surface area contributed by atoms with Crippen molar-refractivity contribution < 1.29 is 13.2 Å². The van der Waals surface area contributed by atoms with Gasteiger partial charge in [0, 0.05) is 22.3 Å². The van der Waals surface area contributed by atoms with Crippen LogP contribution in [0.2, 0.25) is 0 Å². The van der Waals surface area contributed by atoms with Crippen LogP contribution in [0.1, 0.15) is 31.7 Å². The van der Waals surface area contributed by atoms with Crippen LogP contribution in [0.4, 0.5) is 0 Å². The minimum absolute atomic E-state index is 0.0637. The van der Waals surface area contributed by atoms with Gasteiger partial charge in [0.05, 0.1) is 18.1 Å². The molecule has 6 heteroatoms. The summed E-state index contributed by atoms with van der Waals surface area (Å²) in [6.07, 6.45) is 1.48. The van der Waals surface area contributed by atoms with Gasteiger partial charge in [0.2, 0.25) is 9.05 Å². The average molecular weight is 306 g/mol. The van der Waals surface area contributed by atoms with E-state index < -0.39 is 9.05 Å². The summed E-state index contributed by atoms with van der Waals surface area (Å²) in [6.45, 7) is 6.19. The number of ether oxygens (including phenoxy) is 1. The normalized spacial score (nSPS) is 13.3. The number of hydrogen-bond donors (Lipinski definition) is 0. The van der Waals surface area contributed by atoms with Crippen LogP contribution in [0, 0.1) is 12.8 Å². The maximum Gasteiger partial charge on any atom is 0.232 e. The molecule has 19 heavy (non-hydrogen) atoms.